The lowest BCUT2D eigenvalue weighted by atomic mass is 9.95. The van der Waals surface area contributed by atoms with Crippen LogP contribution in [-0.4, -0.2) is 20.1 Å². The molecular formula is C31H27NO4. The van der Waals surface area contributed by atoms with Gasteiger partial charge < -0.3 is 19.2 Å². The Bertz CT molecular complexity index is 1630. The lowest BCUT2D eigenvalue weighted by Gasteiger charge is -2.13. The predicted octanol–water partition coefficient (Wildman–Crippen LogP) is 7.62. The van der Waals surface area contributed by atoms with Crippen LogP contribution in [0.2, 0.25) is 0 Å². The van der Waals surface area contributed by atoms with Crippen molar-refractivity contribution < 1.29 is 18.7 Å². The van der Waals surface area contributed by atoms with Gasteiger partial charge in [0.1, 0.15) is 17.1 Å². The highest BCUT2D eigenvalue weighted by molar-refractivity contribution is 6.06. The van der Waals surface area contributed by atoms with Crippen molar-refractivity contribution in [2.45, 2.75) is 13.8 Å². The smallest absolute Gasteiger partial charge is 0.248 e. The third-order valence-electron chi connectivity index (χ3n) is 6.42. The molecule has 5 aromatic rings. The fourth-order valence-corrected chi connectivity index (χ4v) is 4.61. The molecule has 0 spiro atoms. The van der Waals surface area contributed by atoms with Crippen LogP contribution >= 0.6 is 0 Å². The van der Waals surface area contributed by atoms with Crippen molar-refractivity contribution >= 4 is 38.9 Å². The van der Waals surface area contributed by atoms with Gasteiger partial charge in [-0.05, 0) is 60.0 Å². The molecular weight excluding hydrogens is 450 g/mol. The highest BCUT2D eigenvalue weighted by Crippen LogP contribution is 2.41. The van der Waals surface area contributed by atoms with E-state index >= 15 is 0 Å². The molecule has 0 unspecified atom stereocenters. The maximum absolute atomic E-state index is 12.8. The van der Waals surface area contributed by atoms with Crippen LogP contribution < -0.4 is 14.8 Å². The fraction of sp³-hybridized carbons (Fsp3) is 0.129. The van der Waals surface area contributed by atoms with E-state index in [1.807, 2.05) is 50.2 Å². The Kier molecular flexibility index (Phi) is 6.21. The SMILES string of the molecule is COc1cccc(NC(=O)/C=C(\C)c2cc3c(-c4ccc5ccccc5c4)coc3c(C)c2OC)c1. The molecule has 0 aliphatic carbocycles. The Morgan fingerprint density at radius 2 is 1.72 bits per heavy atom. The van der Waals surface area contributed by atoms with E-state index in [0.29, 0.717) is 17.2 Å². The number of furan rings is 1. The second-order valence-electron chi connectivity index (χ2n) is 8.72. The van der Waals surface area contributed by atoms with Gasteiger partial charge in [-0.3, -0.25) is 4.79 Å². The molecule has 5 rings (SSSR count). The summed E-state index contributed by atoms with van der Waals surface area (Å²) in [7, 11) is 3.23. The Morgan fingerprint density at radius 3 is 2.50 bits per heavy atom. The van der Waals surface area contributed by atoms with Crippen LogP contribution in [0.3, 0.4) is 0 Å². The summed E-state index contributed by atoms with van der Waals surface area (Å²) in [5, 5.41) is 6.23. The number of aryl methyl sites for hydroxylation is 1. The number of ether oxygens (including phenoxy) is 2. The number of hydrogen-bond donors (Lipinski definition) is 1. The molecule has 36 heavy (non-hydrogen) atoms. The number of allylic oxidation sites excluding steroid dienone is 1. The number of nitrogens with one attached hydrogen (secondary N) is 1. The summed E-state index contributed by atoms with van der Waals surface area (Å²) in [4.78, 5) is 12.8. The first-order valence-electron chi connectivity index (χ1n) is 11.7. The van der Waals surface area contributed by atoms with Gasteiger partial charge in [-0.25, -0.2) is 0 Å². The first-order valence-corrected chi connectivity index (χ1v) is 11.7. The van der Waals surface area contributed by atoms with Gasteiger partial charge >= 0.3 is 0 Å². The van der Waals surface area contributed by atoms with Gasteiger partial charge in [0.25, 0.3) is 0 Å². The normalized spacial score (nSPS) is 11.6. The van der Waals surface area contributed by atoms with Gasteiger partial charge in [0, 0.05) is 39.9 Å². The van der Waals surface area contributed by atoms with Crippen molar-refractivity contribution in [3.63, 3.8) is 0 Å². The molecule has 5 heteroatoms. The number of carbonyl (C=O) groups excluding carboxylic acids is 1. The molecule has 0 saturated heterocycles. The largest absolute Gasteiger partial charge is 0.497 e. The maximum Gasteiger partial charge on any atom is 0.248 e. The Labute approximate surface area is 210 Å². The number of amides is 1. The molecule has 180 valence electrons. The molecule has 1 heterocycles. The van der Waals surface area contributed by atoms with Crippen molar-refractivity contribution in [1.82, 2.24) is 0 Å². The molecule has 0 radical (unpaired) electrons. The minimum Gasteiger partial charge on any atom is -0.497 e. The van der Waals surface area contributed by atoms with Gasteiger partial charge in [0.05, 0.1) is 20.5 Å². The third-order valence-corrected chi connectivity index (χ3v) is 6.42. The molecule has 0 aliphatic heterocycles. The maximum atomic E-state index is 12.8. The lowest BCUT2D eigenvalue weighted by Crippen LogP contribution is -2.08. The summed E-state index contributed by atoms with van der Waals surface area (Å²) < 4.78 is 17.0. The monoisotopic (exact) mass is 477 g/mol. The number of fused-ring (bicyclic) bond motifs is 2. The van der Waals surface area contributed by atoms with Gasteiger partial charge in [-0.15, -0.1) is 0 Å². The molecule has 0 aliphatic rings. The van der Waals surface area contributed by atoms with E-state index in [2.05, 4.69) is 35.6 Å². The summed E-state index contributed by atoms with van der Waals surface area (Å²) >= 11 is 0. The van der Waals surface area contributed by atoms with Crippen LogP contribution in [0.25, 0.3) is 38.4 Å². The van der Waals surface area contributed by atoms with Gasteiger partial charge in [0.15, 0.2) is 0 Å². The summed E-state index contributed by atoms with van der Waals surface area (Å²) in [6, 6.07) is 24.0. The van der Waals surface area contributed by atoms with Crippen LogP contribution in [-0.2, 0) is 4.79 Å². The fourth-order valence-electron chi connectivity index (χ4n) is 4.61. The second-order valence-corrected chi connectivity index (χ2v) is 8.72. The number of methoxy groups -OCH3 is 2. The summed E-state index contributed by atoms with van der Waals surface area (Å²) in [6.07, 6.45) is 3.37. The zero-order valence-corrected chi connectivity index (χ0v) is 20.7. The van der Waals surface area contributed by atoms with Gasteiger partial charge in [-0.2, -0.15) is 0 Å². The van der Waals surface area contributed by atoms with Crippen LogP contribution in [0.15, 0.2) is 89.6 Å². The van der Waals surface area contributed by atoms with E-state index in [-0.39, 0.29) is 5.91 Å². The van der Waals surface area contributed by atoms with Crippen LogP contribution in [0, 0.1) is 6.92 Å². The van der Waals surface area contributed by atoms with E-state index in [1.54, 1.807) is 32.6 Å². The van der Waals surface area contributed by atoms with E-state index in [9.17, 15) is 4.79 Å². The quantitative estimate of drug-likeness (QED) is 0.256. The number of hydrogen-bond acceptors (Lipinski definition) is 4. The van der Waals surface area contributed by atoms with Crippen LogP contribution in [0.4, 0.5) is 5.69 Å². The first-order chi connectivity index (χ1) is 17.5. The molecule has 1 N–H and O–H groups in total. The Hall–Kier alpha value is -4.51. The van der Waals surface area contributed by atoms with Crippen molar-refractivity contribution in [2.24, 2.45) is 0 Å². The highest BCUT2D eigenvalue weighted by atomic mass is 16.5. The number of rotatable bonds is 6. The van der Waals surface area contributed by atoms with Crippen molar-refractivity contribution in [1.29, 1.82) is 0 Å². The summed E-state index contributed by atoms with van der Waals surface area (Å²) in [6.45, 7) is 3.88. The number of carbonyl (C=O) groups is 1. The van der Waals surface area contributed by atoms with Crippen molar-refractivity contribution in [2.75, 3.05) is 19.5 Å². The van der Waals surface area contributed by atoms with E-state index in [1.165, 1.54) is 10.8 Å². The Balaban J connectivity index is 1.56. The average Bonchev–Trinajstić information content (AvgIpc) is 3.32. The molecule has 4 aromatic carbocycles. The zero-order chi connectivity index (χ0) is 25.2. The minimum atomic E-state index is -0.234. The van der Waals surface area contributed by atoms with Gasteiger partial charge in [-0.1, -0.05) is 42.5 Å². The lowest BCUT2D eigenvalue weighted by molar-refractivity contribution is -0.111. The molecule has 0 saturated carbocycles. The zero-order valence-electron chi connectivity index (χ0n) is 20.7. The average molecular weight is 478 g/mol. The number of anilines is 1. The third kappa shape index (κ3) is 4.31. The van der Waals surface area contributed by atoms with Crippen molar-refractivity contribution in [3.8, 4) is 22.6 Å². The highest BCUT2D eigenvalue weighted by Gasteiger charge is 2.19. The first kappa shape index (κ1) is 23.2. The second kappa shape index (κ2) is 9.62. The topological polar surface area (TPSA) is 60.7 Å². The van der Waals surface area contributed by atoms with E-state index < -0.39 is 0 Å². The van der Waals surface area contributed by atoms with Gasteiger partial charge in [0.2, 0.25) is 5.91 Å². The molecule has 0 bridgehead atoms. The van der Waals surface area contributed by atoms with Crippen LogP contribution in [0.5, 0.6) is 11.5 Å². The molecule has 1 amide bonds. The number of benzene rings is 4. The standard InChI is InChI=1S/C31H27NO4/c1-19(14-29(33)32-24-10-7-11-25(16-24)34-3)26-17-27-28(18-36-31(27)20(2)30(26)35-4)23-13-12-21-8-5-6-9-22(21)15-23/h5-18H,1-4H3,(H,32,33)/b19-14+. The van der Waals surface area contributed by atoms with E-state index in [4.69, 9.17) is 13.9 Å². The van der Waals surface area contributed by atoms with Crippen molar-refractivity contribution in [3.05, 3.63) is 96.3 Å². The molecule has 1 aromatic heterocycles. The summed E-state index contributed by atoms with van der Waals surface area (Å²) in [5.74, 6) is 1.13. The molecule has 5 nitrogen and oxygen atoms in total. The van der Waals surface area contributed by atoms with Crippen LogP contribution in [0.1, 0.15) is 18.1 Å². The summed E-state index contributed by atoms with van der Waals surface area (Å²) in [5.41, 5.74) is 6.01. The molecule has 0 atom stereocenters. The molecule has 0 fully saturated rings. The van der Waals surface area contributed by atoms with E-state index in [0.717, 1.165) is 38.8 Å². The Morgan fingerprint density at radius 1 is 0.917 bits per heavy atom. The minimum absolute atomic E-state index is 0.234. The predicted molar refractivity (Wildman–Crippen MR) is 146 cm³/mol.